The van der Waals surface area contributed by atoms with E-state index in [1.807, 2.05) is 0 Å². The summed E-state index contributed by atoms with van der Waals surface area (Å²) in [6, 6.07) is 7.09. The average molecular weight is 437 g/mol. The van der Waals surface area contributed by atoms with Crippen molar-refractivity contribution in [2.24, 2.45) is 5.10 Å². The number of hydrogen-bond donors (Lipinski definition) is 1. The van der Waals surface area contributed by atoms with Crippen LogP contribution in [-0.2, 0) is 4.79 Å². The Kier molecular flexibility index (Phi) is 7.05. The summed E-state index contributed by atoms with van der Waals surface area (Å²) < 4.78 is 5.13. The van der Waals surface area contributed by atoms with E-state index in [4.69, 9.17) is 51.1 Å². The number of ether oxygens (including phenoxy) is 1. The van der Waals surface area contributed by atoms with Gasteiger partial charge >= 0.3 is 5.69 Å². The molecule has 136 valence electrons. The smallest absolute Gasteiger partial charge is 0.314 e. The van der Waals surface area contributed by atoms with Crippen LogP contribution in [0.3, 0.4) is 0 Å². The SMILES string of the molecule is O=C(COc1c(Cl)cc(Cl)cc1[N+](=O)[O-])N/N=C/c1ccc(Cl)cc1Cl. The molecule has 0 saturated heterocycles. The van der Waals surface area contributed by atoms with Gasteiger partial charge in [0.05, 0.1) is 21.2 Å². The van der Waals surface area contributed by atoms with Crippen LogP contribution in [0.1, 0.15) is 5.56 Å². The third-order valence-corrected chi connectivity index (χ3v) is 3.95. The lowest BCUT2D eigenvalue weighted by Crippen LogP contribution is -2.24. The Morgan fingerprint density at radius 2 is 1.85 bits per heavy atom. The lowest BCUT2D eigenvalue weighted by Gasteiger charge is -2.08. The van der Waals surface area contributed by atoms with E-state index in [1.165, 1.54) is 18.3 Å². The third kappa shape index (κ3) is 5.47. The van der Waals surface area contributed by atoms with Crippen molar-refractivity contribution in [1.29, 1.82) is 0 Å². The Hall–Kier alpha value is -2.06. The zero-order valence-electron chi connectivity index (χ0n) is 12.7. The molecule has 0 fully saturated rings. The molecule has 0 aliphatic rings. The van der Waals surface area contributed by atoms with Gasteiger partial charge in [0.2, 0.25) is 5.75 Å². The molecular weight excluding hydrogens is 428 g/mol. The standard InChI is InChI=1S/C15H9Cl4N3O4/c16-9-2-1-8(11(18)3-9)6-20-21-14(23)7-26-15-12(19)4-10(17)5-13(15)22(24)25/h1-6H,7H2,(H,21,23)/b20-6+. The van der Waals surface area contributed by atoms with E-state index in [1.54, 1.807) is 12.1 Å². The number of nitro benzene ring substituents is 1. The van der Waals surface area contributed by atoms with Gasteiger partial charge in [-0.3, -0.25) is 14.9 Å². The first-order chi connectivity index (χ1) is 12.3. The second-order valence-corrected chi connectivity index (χ2v) is 6.43. The number of nitrogens with zero attached hydrogens (tertiary/aromatic N) is 2. The van der Waals surface area contributed by atoms with Crippen LogP contribution in [-0.4, -0.2) is 23.7 Å². The molecule has 0 spiro atoms. The molecular formula is C15H9Cl4N3O4. The number of nitro groups is 1. The molecule has 0 aliphatic heterocycles. The number of carbonyl (C=O) groups excluding carboxylic acids is 1. The van der Waals surface area contributed by atoms with Gasteiger partial charge in [-0.2, -0.15) is 5.10 Å². The lowest BCUT2D eigenvalue weighted by atomic mass is 10.2. The Labute approximate surface area is 167 Å². The van der Waals surface area contributed by atoms with E-state index in [0.717, 1.165) is 6.07 Å². The summed E-state index contributed by atoms with van der Waals surface area (Å²) in [7, 11) is 0. The van der Waals surface area contributed by atoms with Gasteiger partial charge in [-0.15, -0.1) is 0 Å². The molecule has 1 amide bonds. The van der Waals surface area contributed by atoms with Crippen molar-refractivity contribution < 1.29 is 14.5 Å². The van der Waals surface area contributed by atoms with E-state index in [9.17, 15) is 14.9 Å². The van der Waals surface area contributed by atoms with Gasteiger partial charge in [0.25, 0.3) is 5.91 Å². The third-order valence-electron chi connectivity index (χ3n) is 2.89. The van der Waals surface area contributed by atoms with Crippen molar-refractivity contribution in [3.8, 4) is 5.75 Å². The molecule has 0 heterocycles. The molecule has 0 unspecified atom stereocenters. The first-order valence-electron chi connectivity index (χ1n) is 6.81. The van der Waals surface area contributed by atoms with Crippen molar-refractivity contribution in [3.63, 3.8) is 0 Å². The maximum atomic E-state index is 11.8. The first kappa shape index (κ1) is 20.3. The zero-order valence-corrected chi connectivity index (χ0v) is 15.7. The molecule has 7 nitrogen and oxygen atoms in total. The van der Waals surface area contributed by atoms with Crippen LogP contribution in [0.4, 0.5) is 5.69 Å². The molecule has 0 saturated carbocycles. The number of rotatable bonds is 6. The number of carbonyl (C=O) groups is 1. The number of hydrazone groups is 1. The van der Waals surface area contributed by atoms with Crippen molar-refractivity contribution >= 4 is 64.2 Å². The molecule has 1 N–H and O–H groups in total. The van der Waals surface area contributed by atoms with Crippen molar-refractivity contribution in [2.45, 2.75) is 0 Å². The first-order valence-corrected chi connectivity index (χ1v) is 8.32. The Bertz CT molecular complexity index is 889. The molecule has 0 bridgehead atoms. The van der Waals surface area contributed by atoms with Crippen molar-refractivity contribution in [2.75, 3.05) is 6.61 Å². The zero-order chi connectivity index (χ0) is 19.3. The molecule has 0 aromatic heterocycles. The van der Waals surface area contributed by atoms with Gasteiger partial charge in [-0.1, -0.05) is 52.5 Å². The summed E-state index contributed by atoms with van der Waals surface area (Å²) >= 11 is 23.3. The normalized spacial score (nSPS) is 10.8. The molecule has 0 aliphatic carbocycles. The van der Waals surface area contributed by atoms with Crippen LogP contribution in [0, 0.1) is 10.1 Å². The molecule has 11 heteroatoms. The number of amides is 1. The average Bonchev–Trinajstić information content (AvgIpc) is 2.55. The number of benzene rings is 2. The van der Waals surface area contributed by atoms with Crippen LogP contribution >= 0.6 is 46.4 Å². The van der Waals surface area contributed by atoms with Gasteiger partial charge in [-0.05, 0) is 18.2 Å². The van der Waals surface area contributed by atoms with Gasteiger partial charge in [0.15, 0.2) is 6.61 Å². The second-order valence-electron chi connectivity index (χ2n) is 4.74. The molecule has 2 aromatic rings. The fraction of sp³-hybridized carbons (Fsp3) is 0.0667. The van der Waals surface area contributed by atoms with Crippen LogP contribution in [0.5, 0.6) is 5.75 Å². The van der Waals surface area contributed by atoms with E-state index >= 15 is 0 Å². The highest BCUT2D eigenvalue weighted by Crippen LogP contribution is 2.37. The highest BCUT2D eigenvalue weighted by molar-refractivity contribution is 6.36. The van der Waals surface area contributed by atoms with Crippen LogP contribution in [0.25, 0.3) is 0 Å². The molecule has 2 aromatic carbocycles. The van der Waals surface area contributed by atoms with Crippen LogP contribution < -0.4 is 10.2 Å². The predicted molar refractivity (Wildman–Crippen MR) is 101 cm³/mol. The second kappa shape index (κ2) is 9.05. The Morgan fingerprint density at radius 3 is 2.50 bits per heavy atom. The van der Waals surface area contributed by atoms with Gasteiger partial charge in [0, 0.05) is 21.7 Å². The minimum absolute atomic E-state index is 0.0722. The summed E-state index contributed by atoms with van der Waals surface area (Å²) in [5.41, 5.74) is 2.28. The van der Waals surface area contributed by atoms with Crippen LogP contribution in [0.15, 0.2) is 35.4 Å². The molecule has 0 atom stereocenters. The lowest BCUT2D eigenvalue weighted by molar-refractivity contribution is -0.385. The number of halogens is 4. The van der Waals surface area contributed by atoms with Gasteiger partial charge in [-0.25, -0.2) is 5.43 Å². The highest BCUT2D eigenvalue weighted by Gasteiger charge is 2.21. The largest absolute Gasteiger partial charge is 0.476 e. The number of hydrogen-bond acceptors (Lipinski definition) is 5. The van der Waals surface area contributed by atoms with E-state index in [-0.39, 0.29) is 15.8 Å². The molecule has 2 rings (SSSR count). The number of nitrogens with one attached hydrogen (secondary N) is 1. The topological polar surface area (TPSA) is 93.8 Å². The minimum atomic E-state index is -0.717. The maximum Gasteiger partial charge on any atom is 0.314 e. The summed E-state index contributed by atoms with van der Waals surface area (Å²) in [6.45, 7) is -0.548. The summed E-state index contributed by atoms with van der Waals surface area (Å²) in [5, 5.41) is 15.5. The highest BCUT2D eigenvalue weighted by atomic mass is 35.5. The van der Waals surface area contributed by atoms with E-state index in [0.29, 0.717) is 15.6 Å². The summed E-state index contributed by atoms with van der Waals surface area (Å²) in [5.74, 6) is -0.924. The summed E-state index contributed by atoms with van der Waals surface area (Å²) in [4.78, 5) is 22.1. The van der Waals surface area contributed by atoms with Gasteiger partial charge < -0.3 is 4.74 Å². The monoisotopic (exact) mass is 435 g/mol. The molecule has 26 heavy (non-hydrogen) atoms. The predicted octanol–water partition coefficient (Wildman–Crippen LogP) is 4.74. The van der Waals surface area contributed by atoms with E-state index < -0.39 is 23.1 Å². The van der Waals surface area contributed by atoms with Crippen molar-refractivity contribution in [3.05, 3.63) is 66.1 Å². The summed E-state index contributed by atoms with van der Waals surface area (Å²) in [6.07, 6.45) is 1.31. The van der Waals surface area contributed by atoms with Crippen LogP contribution in [0.2, 0.25) is 20.1 Å². The quantitative estimate of drug-likeness (QED) is 0.402. The maximum absolute atomic E-state index is 11.8. The minimum Gasteiger partial charge on any atom is -0.476 e. The Morgan fingerprint density at radius 1 is 1.15 bits per heavy atom. The molecule has 0 radical (unpaired) electrons. The Balaban J connectivity index is 1.99. The fourth-order valence-corrected chi connectivity index (χ4v) is 2.77. The van der Waals surface area contributed by atoms with Gasteiger partial charge in [0.1, 0.15) is 0 Å². The van der Waals surface area contributed by atoms with Crippen molar-refractivity contribution in [1.82, 2.24) is 5.43 Å². The fourth-order valence-electron chi connectivity index (χ4n) is 1.78. The van der Waals surface area contributed by atoms with E-state index in [2.05, 4.69) is 10.5 Å².